The lowest BCUT2D eigenvalue weighted by Crippen LogP contribution is -2.37. The van der Waals surface area contributed by atoms with Crippen molar-refractivity contribution >= 4 is 17.7 Å². The average molecular weight is 307 g/mol. The van der Waals surface area contributed by atoms with E-state index in [1.807, 2.05) is 18.2 Å². The van der Waals surface area contributed by atoms with Gasteiger partial charge in [-0.05, 0) is 31.9 Å². The Morgan fingerprint density at radius 3 is 2.32 bits per heavy atom. The Labute approximate surface area is 131 Å². The molecule has 0 aliphatic heterocycles. The number of urea groups is 1. The molecule has 0 heterocycles. The van der Waals surface area contributed by atoms with Crippen LogP contribution < -0.4 is 15.5 Å². The average Bonchev–Trinajstić information content (AvgIpc) is 2.52. The van der Waals surface area contributed by atoms with Gasteiger partial charge in [-0.15, -0.1) is 0 Å². The minimum atomic E-state index is -0.845. The summed E-state index contributed by atoms with van der Waals surface area (Å²) in [6.45, 7) is 4.87. The molecule has 0 radical (unpaired) electrons. The maximum Gasteiger partial charge on any atom is 0.314 e. The SMILES string of the molecule is CCN(CCCNC(=O)NCCCC(=O)O)c1ccccc1. The normalized spacial score (nSPS) is 10.0. The molecule has 2 amide bonds. The quantitative estimate of drug-likeness (QED) is 0.578. The third-order valence-corrected chi connectivity index (χ3v) is 3.25. The zero-order valence-electron chi connectivity index (χ0n) is 13.0. The number of nitrogens with one attached hydrogen (secondary N) is 2. The third-order valence-electron chi connectivity index (χ3n) is 3.25. The summed E-state index contributed by atoms with van der Waals surface area (Å²) in [5.74, 6) is -0.845. The van der Waals surface area contributed by atoms with E-state index in [2.05, 4.69) is 34.6 Å². The Morgan fingerprint density at radius 2 is 1.73 bits per heavy atom. The predicted molar refractivity (Wildman–Crippen MR) is 87.2 cm³/mol. The van der Waals surface area contributed by atoms with Crippen LogP contribution in [0.5, 0.6) is 0 Å². The van der Waals surface area contributed by atoms with E-state index in [0.717, 1.165) is 19.5 Å². The molecule has 6 nitrogen and oxygen atoms in total. The fraction of sp³-hybridized carbons (Fsp3) is 0.500. The topological polar surface area (TPSA) is 81.7 Å². The second kappa shape index (κ2) is 10.5. The number of para-hydroxylation sites is 1. The number of benzene rings is 1. The van der Waals surface area contributed by atoms with Gasteiger partial charge < -0.3 is 20.6 Å². The van der Waals surface area contributed by atoms with Crippen molar-refractivity contribution in [2.24, 2.45) is 0 Å². The first-order valence-electron chi connectivity index (χ1n) is 7.67. The number of carboxylic acids is 1. The standard InChI is InChI=1S/C16H25N3O3/c1-2-19(14-8-4-3-5-9-14)13-7-12-18-16(22)17-11-6-10-15(20)21/h3-5,8-9H,2,6-7,10-13H2,1H3,(H,20,21)(H2,17,18,22). The summed E-state index contributed by atoms with van der Waals surface area (Å²) < 4.78 is 0. The molecule has 0 unspecified atom stereocenters. The van der Waals surface area contributed by atoms with Gasteiger partial charge in [-0.2, -0.15) is 0 Å². The molecule has 0 saturated heterocycles. The highest BCUT2D eigenvalue weighted by Gasteiger charge is 2.04. The molecule has 122 valence electrons. The van der Waals surface area contributed by atoms with Crippen molar-refractivity contribution in [3.8, 4) is 0 Å². The van der Waals surface area contributed by atoms with E-state index in [-0.39, 0.29) is 12.5 Å². The molecule has 22 heavy (non-hydrogen) atoms. The van der Waals surface area contributed by atoms with Gasteiger partial charge in [0.1, 0.15) is 0 Å². The minimum Gasteiger partial charge on any atom is -0.481 e. The minimum absolute atomic E-state index is 0.0722. The maximum atomic E-state index is 11.5. The van der Waals surface area contributed by atoms with Crippen molar-refractivity contribution in [3.63, 3.8) is 0 Å². The lowest BCUT2D eigenvalue weighted by atomic mass is 10.2. The van der Waals surface area contributed by atoms with E-state index in [4.69, 9.17) is 5.11 Å². The molecular formula is C16H25N3O3. The number of rotatable bonds is 10. The molecular weight excluding hydrogens is 282 g/mol. The van der Waals surface area contributed by atoms with Crippen molar-refractivity contribution in [1.29, 1.82) is 0 Å². The lowest BCUT2D eigenvalue weighted by Gasteiger charge is -2.23. The molecule has 0 fully saturated rings. The van der Waals surface area contributed by atoms with Crippen LogP contribution in [0, 0.1) is 0 Å². The van der Waals surface area contributed by atoms with E-state index in [0.29, 0.717) is 19.5 Å². The van der Waals surface area contributed by atoms with Crippen LogP contribution >= 0.6 is 0 Å². The Morgan fingerprint density at radius 1 is 1.09 bits per heavy atom. The first-order valence-corrected chi connectivity index (χ1v) is 7.67. The molecule has 0 atom stereocenters. The fourth-order valence-corrected chi connectivity index (χ4v) is 2.08. The largest absolute Gasteiger partial charge is 0.481 e. The van der Waals surface area contributed by atoms with Gasteiger partial charge >= 0.3 is 12.0 Å². The monoisotopic (exact) mass is 307 g/mol. The van der Waals surface area contributed by atoms with Crippen LogP contribution in [0.15, 0.2) is 30.3 Å². The maximum absolute atomic E-state index is 11.5. The summed E-state index contributed by atoms with van der Waals surface area (Å²) in [5.41, 5.74) is 1.18. The number of carbonyl (C=O) groups excluding carboxylic acids is 1. The van der Waals surface area contributed by atoms with E-state index < -0.39 is 5.97 Å². The summed E-state index contributed by atoms with van der Waals surface area (Å²) in [6, 6.07) is 9.93. The Balaban J connectivity index is 2.13. The van der Waals surface area contributed by atoms with Crippen LogP contribution in [0.2, 0.25) is 0 Å². The van der Waals surface area contributed by atoms with Crippen LogP contribution in [0.3, 0.4) is 0 Å². The Kier molecular flexibility index (Phi) is 8.49. The van der Waals surface area contributed by atoms with Crippen molar-refractivity contribution in [2.45, 2.75) is 26.2 Å². The fourth-order valence-electron chi connectivity index (χ4n) is 2.08. The van der Waals surface area contributed by atoms with Gasteiger partial charge in [0.2, 0.25) is 0 Å². The summed E-state index contributed by atoms with van der Waals surface area (Å²) in [4.78, 5) is 24.1. The molecule has 3 N–H and O–H groups in total. The number of carbonyl (C=O) groups is 2. The molecule has 1 rings (SSSR count). The summed E-state index contributed by atoms with van der Waals surface area (Å²) >= 11 is 0. The molecule has 0 spiro atoms. The third kappa shape index (κ3) is 7.52. The highest BCUT2D eigenvalue weighted by Crippen LogP contribution is 2.12. The van der Waals surface area contributed by atoms with E-state index >= 15 is 0 Å². The second-order valence-electron chi connectivity index (χ2n) is 4.95. The summed E-state index contributed by atoms with van der Waals surface area (Å²) in [6.07, 6.45) is 1.37. The molecule has 0 aliphatic carbocycles. The van der Waals surface area contributed by atoms with Gasteiger partial charge in [0.15, 0.2) is 0 Å². The van der Waals surface area contributed by atoms with Crippen LogP contribution in [0.4, 0.5) is 10.5 Å². The molecule has 0 bridgehead atoms. The molecule has 0 aromatic heterocycles. The van der Waals surface area contributed by atoms with Crippen molar-refractivity contribution < 1.29 is 14.7 Å². The number of carboxylic acid groups (broad SMARTS) is 1. The number of amides is 2. The van der Waals surface area contributed by atoms with Crippen molar-refractivity contribution in [3.05, 3.63) is 30.3 Å². The molecule has 0 saturated carbocycles. The van der Waals surface area contributed by atoms with Gasteiger partial charge in [0, 0.05) is 38.3 Å². The van der Waals surface area contributed by atoms with Crippen LogP contribution in [-0.2, 0) is 4.79 Å². The Hall–Kier alpha value is -2.24. The van der Waals surface area contributed by atoms with E-state index in [1.54, 1.807) is 0 Å². The smallest absolute Gasteiger partial charge is 0.314 e. The van der Waals surface area contributed by atoms with E-state index in [9.17, 15) is 9.59 Å². The number of hydrogen-bond acceptors (Lipinski definition) is 3. The molecule has 1 aromatic carbocycles. The zero-order valence-corrected chi connectivity index (χ0v) is 13.0. The summed E-state index contributed by atoms with van der Waals surface area (Å²) in [5, 5.41) is 13.9. The molecule has 1 aromatic rings. The van der Waals surface area contributed by atoms with Crippen molar-refractivity contribution in [2.75, 3.05) is 31.1 Å². The van der Waals surface area contributed by atoms with Crippen LogP contribution in [0.25, 0.3) is 0 Å². The van der Waals surface area contributed by atoms with Gasteiger partial charge in [-0.1, -0.05) is 18.2 Å². The van der Waals surface area contributed by atoms with Crippen LogP contribution in [-0.4, -0.2) is 43.3 Å². The zero-order chi connectivity index (χ0) is 16.2. The number of aliphatic carboxylic acids is 1. The summed E-state index contributed by atoms with van der Waals surface area (Å²) in [7, 11) is 0. The first kappa shape index (κ1) is 17.8. The van der Waals surface area contributed by atoms with E-state index in [1.165, 1.54) is 5.69 Å². The molecule has 6 heteroatoms. The predicted octanol–water partition coefficient (Wildman–Crippen LogP) is 2.07. The van der Waals surface area contributed by atoms with Gasteiger partial charge in [0.05, 0.1) is 0 Å². The second-order valence-corrected chi connectivity index (χ2v) is 4.95. The first-order chi connectivity index (χ1) is 10.6. The highest BCUT2D eigenvalue weighted by atomic mass is 16.4. The van der Waals surface area contributed by atoms with Gasteiger partial charge in [-0.3, -0.25) is 4.79 Å². The number of nitrogens with zero attached hydrogens (tertiary/aromatic N) is 1. The molecule has 0 aliphatic rings. The Bertz CT molecular complexity index is 451. The van der Waals surface area contributed by atoms with Gasteiger partial charge in [-0.25, -0.2) is 4.79 Å². The van der Waals surface area contributed by atoms with Gasteiger partial charge in [0.25, 0.3) is 0 Å². The van der Waals surface area contributed by atoms with Crippen LogP contribution in [0.1, 0.15) is 26.2 Å². The van der Waals surface area contributed by atoms with Crippen molar-refractivity contribution in [1.82, 2.24) is 10.6 Å². The number of hydrogen-bond donors (Lipinski definition) is 3. The lowest BCUT2D eigenvalue weighted by molar-refractivity contribution is -0.137. The number of anilines is 1. The highest BCUT2D eigenvalue weighted by molar-refractivity contribution is 5.73.